The Morgan fingerprint density at radius 1 is 1.47 bits per heavy atom. The fourth-order valence-electron chi connectivity index (χ4n) is 1.19. The molecule has 1 saturated carbocycles. The molecule has 1 aliphatic carbocycles. The fourth-order valence-corrected chi connectivity index (χ4v) is 1.19. The summed E-state index contributed by atoms with van der Waals surface area (Å²) in [6.07, 6.45) is 1.44. The van der Waals surface area contributed by atoms with Gasteiger partial charge < -0.3 is 15.8 Å². The van der Waals surface area contributed by atoms with Crippen LogP contribution in [-0.2, 0) is 14.3 Å². The highest BCUT2D eigenvalue weighted by Crippen LogP contribution is 2.32. The fraction of sp³-hybridized carbons (Fsp3) is 0.800. The molecule has 0 spiro atoms. The molecule has 1 fully saturated rings. The van der Waals surface area contributed by atoms with E-state index in [1.165, 1.54) is 7.11 Å². The Bertz CT molecular complexity index is 282. The van der Waals surface area contributed by atoms with E-state index in [0.717, 1.165) is 12.8 Å². The van der Waals surface area contributed by atoms with E-state index in [9.17, 15) is 9.59 Å². The minimum absolute atomic E-state index is 0.181. The Hall–Kier alpha value is -1.10. The lowest BCUT2D eigenvalue weighted by molar-refractivity contribution is -0.150. The van der Waals surface area contributed by atoms with Gasteiger partial charge in [0.25, 0.3) is 0 Å². The molecule has 0 aromatic carbocycles. The predicted molar refractivity (Wildman–Crippen MR) is 55.0 cm³/mol. The summed E-state index contributed by atoms with van der Waals surface area (Å²) in [5, 5.41) is 2.68. The van der Waals surface area contributed by atoms with Crippen molar-refractivity contribution in [2.45, 2.75) is 32.2 Å². The topological polar surface area (TPSA) is 81.4 Å². The number of rotatable bonds is 4. The highest BCUT2D eigenvalue weighted by Gasteiger charge is 2.46. The van der Waals surface area contributed by atoms with E-state index in [1.54, 1.807) is 13.8 Å². The first kappa shape index (κ1) is 12.0. The molecule has 1 amide bonds. The molecule has 0 bridgehead atoms. The number of esters is 1. The summed E-state index contributed by atoms with van der Waals surface area (Å²) in [6.45, 7) is 3.68. The van der Waals surface area contributed by atoms with Crippen LogP contribution in [0.1, 0.15) is 26.7 Å². The minimum atomic E-state index is -0.713. The average molecular weight is 214 g/mol. The number of ether oxygens (including phenoxy) is 1. The summed E-state index contributed by atoms with van der Waals surface area (Å²) in [5.41, 5.74) is 4.30. The first-order valence-electron chi connectivity index (χ1n) is 4.97. The van der Waals surface area contributed by atoms with Crippen molar-refractivity contribution in [3.8, 4) is 0 Å². The highest BCUT2D eigenvalue weighted by atomic mass is 16.5. The molecule has 0 atom stereocenters. The zero-order valence-corrected chi connectivity index (χ0v) is 9.42. The van der Waals surface area contributed by atoms with E-state index in [1.807, 2.05) is 0 Å². The molecule has 3 N–H and O–H groups in total. The van der Waals surface area contributed by atoms with Crippen molar-refractivity contribution in [1.82, 2.24) is 5.32 Å². The lowest BCUT2D eigenvalue weighted by atomic mass is 9.93. The van der Waals surface area contributed by atoms with Crippen molar-refractivity contribution in [1.29, 1.82) is 0 Å². The molecule has 15 heavy (non-hydrogen) atoms. The Labute approximate surface area is 89.3 Å². The number of nitrogens with two attached hydrogens (primary N) is 1. The van der Waals surface area contributed by atoms with Gasteiger partial charge in [-0.1, -0.05) is 0 Å². The third-order valence-corrected chi connectivity index (χ3v) is 2.67. The average Bonchev–Trinajstić information content (AvgIpc) is 2.93. The second-order valence-electron chi connectivity index (χ2n) is 4.71. The number of carbonyl (C=O) groups excluding carboxylic acids is 2. The zero-order chi connectivity index (χ0) is 11.7. The number of amides is 1. The predicted octanol–water partition coefficient (Wildman–Crippen LogP) is -0.207. The Morgan fingerprint density at radius 3 is 2.40 bits per heavy atom. The van der Waals surface area contributed by atoms with Crippen LogP contribution in [0.4, 0.5) is 0 Å². The summed E-state index contributed by atoms with van der Waals surface area (Å²) in [7, 11) is 1.33. The van der Waals surface area contributed by atoms with Crippen molar-refractivity contribution >= 4 is 11.9 Å². The summed E-state index contributed by atoms with van der Waals surface area (Å²) in [5.74, 6) is -0.524. The smallest absolute Gasteiger partial charge is 0.313 e. The first-order chi connectivity index (χ1) is 6.82. The van der Waals surface area contributed by atoms with Crippen LogP contribution in [0.25, 0.3) is 0 Å². The Balaban J connectivity index is 2.42. The molecule has 5 nitrogen and oxygen atoms in total. The standard InChI is InChI=1S/C10H18N2O3/c1-9(2,8(14)15-3)6-12-7(13)10(11)4-5-10/h4-6,11H2,1-3H3,(H,12,13). The van der Waals surface area contributed by atoms with E-state index in [-0.39, 0.29) is 18.4 Å². The van der Waals surface area contributed by atoms with Gasteiger partial charge in [0, 0.05) is 6.54 Å². The van der Waals surface area contributed by atoms with E-state index < -0.39 is 11.0 Å². The second-order valence-corrected chi connectivity index (χ2v) is 4.71. The Morgan fingerprint density at radius 2 is 2.00 bits per heavy atom. The third-order valence-electron chi connectivity index (χ3n) is 2.67. The molecule has 0 aromatic rings. The number of hydrogen-bond donors (Lipinski definition) is 2. The molecule has 0 heterocycles. The van der Waals surface area contributed by atoms with Crippen molar-refractivity contribution in [2.24, 2.45) is 11.1 Å². The van der Waals surface area contributed by atoms with Crippen molar-refractivity contribution in [2.75, 3.05) is 13.7 Å². The van der Waals surface area contributed by atoms with Crippen LogP contribution in [0.3, 0.4) is 0 Å². The van der Waals surface area contributed by atoms with Crippen LogP contribution >= 0.6 is 0 Å². The van der Waals surface area contributed by atoms with Crippen LogP contribution in [-0.4, -0.2) is 31.1 Å². The van der Waals surface area contributed by atoms with Crippen molar-refractivity contribution in [3.63, 3.8) is 0 Å². The van der Waals surface area contributed by atoms with Gasteiger partial charge in [-0.15, -0.1) is 0 Å². The van der Waals surface area contributed by atoms with Gasteiger partial charge in [-0.2, -0.15) is 0 Å². The number of nitrogens with one attached hydrogen (secondary N) is 1. The van der Waals surface area contributed by atoms with Gasteiger partial charge >= 0.3 is 5.97 Å². The summed E-state index contributed by atoms with van der Waals surface area (Å²) < 4.78 is 4.63. The van der Waals surface area contributed by atoms with Crippen LogP contribution in [0, 0.1) is 5.41 Å². The number of hydrogen-bond acceptors (Lipinski definition) is 4. The summed E-state index contributed by atoms with van der Waals surface area (Å²) >= 11 is 0. The monoisotopic (exact) mass is 214 g/mol. The van der Waals surface area contributed by atoms with Gasteiger partial charge in [-0.25, -0.2) is 0 Å². The third kappa shape index (κ3) is 2.68. The van der Waals surface area contributed by atoms with Crippen molar-refractivity contribution in [3.05, 3.63) is 0 Å². The maximum absolute atomic E-state index is 11.5. The van der Waals surface area contributed by atoms with E-state index in [2.05, 4.69) is 10.1 Å². The van der Waals surface area contributed by atoms with Gasteiger partial charge in [-0.3, -0.25) is 9.59 Å². The Kier molecular flexibility index (Phi) is 3.04. The maximum atomic E-state index is 11.5. The summed E-state index contributed by atoms with van der Waals surface area (Å²) in [6, 6.07) is 0. The van der Waals surface area contributed by atoms with E-state index in [0.29, 0.717) is 0 Å². The quantitative estimate of drug-likeness (QED) is 0.635. The van der Waals surface area contributed by atoms with Crippen molar-refractivity contribution < 1.29 is 14.3 Å². The number of carbonyl (C=O) groups is 2. The molecule has 0 aliphatic heterocycles. The van der Waals surface area contributed by atoms with Gasteiger partial charge in [0.15, 0.2) is 0 Å². The van der Waals surface area contributed by atoms with Crippen LogP contribution in [0.5, 0.6) is 0 Å². The zero-order valence-electron chi connectivity index (χ0n) is 9.42. The van der Waals surface area contributed by atoms with Gasteiger partial charge in [0.2, 0.25) is 5.91 Å². The minimum Gasteiger partial charge on any atom is -0.469 e. The molecule has 0 radical (unpaired) electrons. The molecule has 0 unspecified atom stereocenters. The van der Waals surface area contributed by atoms with Gasteiger partial charge in [0.05, 0.1) is 18.1 Å². The molecule has 1 aliphatic rings. The van der Waals surface area contributed by atoms with Crippen LogP contribution < -0.4 is 11.1 Å². The van der Waals surface area contributed by atoms with E-state index in [4.69, 9.17) is 5.73 Å². The van der Waals surface area contributed by atoms with E-state index >= 15 is 0 Å². The molecule has 86 valence electrons. The SMILES string of the molecule is COC(=O)C(C)(C)CNC(=O)C1(N)CC1. The molecular weight excluding hydrogens is 196 g/mol. The maximum Gasteiger partial charge on any atom is 0.313 e. The van der Waals surface area contributed by atoms with Gasteiger partial charge in [0.1, 0.15) is 0 Å². The molecule has 1 rings (SSSR count). The molecule has 0 saturated heterocycles. The molecular formula is C10H18N2O3. The molecule has 5 heteroatoms. The van der Waals surface area contributed by atoms with Crippen LogP contribution in [0.2, 0.25) is 0 Å². The first-order valence-corrected chi connectivity index (χ1v) is 4.97. The number of methoxy groups -OCH3 is 1. The lowest BCUT2D eigenvalue weighted by Crippen LogP contribution is -2.47. The van der Waals surface area contributed by atoms with Gasteiger partial charge in [-0.05, 0) is 26.7 Å². The second kappa shape index (κ2) is 3.81. The highest BCUT2D eigenvalue weighted by molar-refractivity contribution is 5.89. The molecule has 0 aromatic heterocycles. The summed E-state index contributed by atoms with van der Waals surface area (Å²) in [4.78, 5) is 22.8. The largest absolute Gasteiger partial charge is 0.469 e. The van der Waals surface area contributed by atoms with Crippen LogP contribution in [0.15, 0.2) is 0 Å². The normalized spacial score (nSPS) is 18.1. The lowest BCUT2D eigenvalue weighted by Gasteiger charge is -2.22.